The summed E-state index contributed by atoms with van der Waals surface area (Å²) in [4.78, 5) is 24.0. The van der Waals surface area contributed by atoms with Gasteiger partial charge >= 0.3 is 0 Å². The van der Waals surface area contributed by atoms with Crippen molar-refractivity contribution in [1.29, 1.82) is 0 Å². The maximum absolute atomic E-state index is 13.2. The van der Waals surface area contributed by atoms with E-state index in [1.54, 1.807) is 30.3 Å². The summed E-state index contributed by atoms with van der Waals surface area (Å²) in [6, 6.07) is 11.2. The molecule has 1 aliphatic rings. The second kappa shape index (κ2) is 8.85. The molecule has 2 amide bonds. The lowest BCUT2D eigenvalue weighted by molar-refractivity contribution is -0.120. The van der Waals surface area contributed by atoms with Gasteiger partial charge < -0.3 is 15.8 Å². The van der Waals surface area contributed by atoms with Crippen LogP contribution >= 0.6 is 0 Å². The molecule has 1 saturated heterocycles. The molecule has 2 aromatic carbocycles. The summed E-state index contributed by atoms with van der Waals surface area (Å²) >= 11 is 0. The van der Waals surface area contributed by atoms with Crippen LogP contribution in [0.15, 0.2) is 47.4 Å². The largest absolute Gasteiger partial charge is 0.495 e. The number of piperidine rings is 1. The van der Waals surface area contributed by atoms with Crippen LogP contribution in [0.25, 0.3) is 0 Å². The summed E-state index contributed by atoms with van der Waals surface area (Å²) in [7, 11) is -2.37. The van der Waals surface area contributed by atoms with Gasteiger partial charge in [0.25, 0.3) is 0 Å². The highest BCUT2D eigenvalue weighted by molar-refractivity contribution is 7.89. The molecule has 2 aromatic rings. The number of hydrogen-bond acceptors (Lipinski definition) is 5. The fourth-order valence-electron chi connectivity index (χ4n) is 3.46. The molecular formula is C21H25N3O5S. The first kappa shape index (κ1) is 21.8. The monoisotopic (exact) mass is 431 g/mol. The number of sulfonamides is 1. The van der Waals surface area contributed by atoms with Crippen molar-refractivity contribution in [2.24, 2.45) is 11.7 Å². The van der Waals surface area contributed by atoms with Crippen molar-refractivity contribution in [1.82, 2.24) is 4.31 Å². The molecule has 1 heterocycles. The third kappa shape index (κ3) is 4.63. The van der Waals surface area contributed by atoms with Gasteiger partial charge in [0.05, 0.1) is 13.0 Å². The lowest BCUT2D eigenvalue weighted by Gasteiger charge is -2.31. The third-order valence-corrected chi connectivity index (χ3v) is 7.02. The fraction of sp³-hybridized carbons (Fsp3) is 0.333. The number of benzene rings is 2. The Kier molecular flexibility index (Phi) is 6.42. The van der Waals surface area contributed by atoms with Crippen molar-refractivity contribution < 1.29 is 22.7 Å². The maximum Gasteiger partial charge on any atom is 0.248 e. The standard InChI is InChI=1S/C21H25N3O5S/c1-14-5-10-18(29-2)19(12-14)30(27,28)24-11-3-4-16(13-24)21(26)23-17-8-6-15(7-9-17)20(22)25/h5-10,12,16H,3-4,11,13H2,1-2H3,(H2,22,25)(H,23,26). The quantitative estimate of drug-likeness (QED) is 0.726. The van der Waals surface area contributed by atoms with Crippen molar-refractivity contribution in [3.8, 4) is 5.75 Å². The van der Waals surface area contributed by atoms with Gasteiger partial charge in [0.1, 0.15) is 10.6 Å². The van der Waals surface area contributed by atoms with Gasteiger partial charge in [-0.2, -0.15) is 4.31 Å². The Balaban J connectivity index is 1.75. The average Bonchev–Trinajstić information content (AvgIpc) is 2.74. The number of nitrogens with one attached hydrogen (secondary N) is 1. The first-order valence-electron chi connectivity index (χ1n) is 9.58. The number of primary amides is 1. The Morgan fingerprint density at radius 3 is 2.50 bits per heavy atom. The van der Waals surface area contributed by atoms with E-state index in [9.17, 15) is 18.0 Å². The highest BCUT2D eigenvalue weighted by Gasteiger charge is 2.35. The number of carbonyl (C=O) groups is 2. The molecule has 0 spiro atoms. The van der Waals surface area contributed by atoms with Crippen molar-refractivity contribution >= 4 is 27.5 Å². The highest BCUT2D eigenvalue weighted by Crippen LogP contribution is 2.31. The minimum absolute atomic E-state index is 0.0879. The van der Waals surface area contributed by atoms with E-state index >= 15 is 0 Å². The van der Waals surface area contributed by atoms with E-state index in [-0.39, 0.29) is 23.1 Å². The summed E-state index contributed by atoms with van der Waals surface area (Å²) in [6.07, 6.45) is 1.16. The molecule has 0 saturated carbocycles. The first-order valence-corrected chi connectivity index (χ1v) is 11.0. The van der Waals surface area contributed by atoms with E-state index in [1.165, 1.54) is 23.5 Å². The highest BCUT2D eigenvalue weighted by atomic mass is 32.2. The van der Waals surface area contributed by atoms with Gasteiger partial charge in [-0.15, -0.1) is 0 Å². The predicted octanol–water partition coefficient (Wildman–Crippen LogP) is 2.14. The molecule has 1 atom stereocenters. The Bertz CT molecular complexity index is 1050. The lowest BCUT2D eigenvalue weighted by Crippen LogP contribution is -2.43. The molecule has 0 radical (unpaired) electrons. The molecule has 0 aromatic heterocycles. The number of aryl methyl sites for hydroxylation is 1. The van der Waals surface area contributed by atoms with Gasteiger partial charge in [-0.05, 0) is 61.7 Å². The minimum atomic E-state index is -3.80. The molecule has 3 rings (SSSR count). The van der Waals surface area contributed by atoms with Gasteiger partial charge in [0, 0.05) is 24.3 Å². The van der Waals surface area contributed by atoms with Crippen LogP contribution in [0.3, 0.4) is 0 Å². The summed E-state index contributed by atoms with van der Waals surface area (Å²) < 4.78 is 33.0. The van der Waals surface area contributed by atoms with Crippen molar-refractivity contribution in [3.63, 3.8) is 0 Å². The molecule has 1 unspecified atom stereocenters. The number of nitrogens with zero attached hydrogens (tertiary/aromatic N) is 1. The van der Waals surface area contributed by atoms with Crippen LogP contribution in [0.1, 0.15) is 28.8 Å². The van der Waals surface area contributed by atoms with Crippen molar-refractivity contribution in [2.45, 2.75) is 24.7 Å². The molecule has 8 nitrogen and oxygen atoms in total. The number of anilines is 1. The third-order valence-electron chi connectivity index (χ3n) is 5.13. The Morgan fingerprint density at radius 2 is 1.87 bits per heavy atom. The average molecular weight is 432 g/mol. The minimum Gasteiger partial charge on any atom is -0.495 e. The maximum atomic E-state index is 13.2. The van der Waals surface area contributed by atoms with E-state index in [2.05, 4.69) is 5.32 Å². The first-order chi connectivity index (χ1) is 14.2. The molecule has 0 aliphatic carbocycles. The fourth-order valence-corrected chi connectivity index (χ4v) is 5.23. The molecule has 0 bridgehead atoms. The number of methoxy groups -OCH3 is 1. The van der Waals surface area contributed by atoms with Crippen LogP contribution in [0.5, 0.6) is 5.75 Å². The van der Waals surface area contributed by atoms with Crippen LogP contribution in [-0.4, -0.2) is 44.7 Å². The topological polar surface area (TPSA) is 119 Å². The summed E-state index contributed by atoms with van der Waals surface area (Å²) in [5.41, 5.74) is 6.89. The Labute approximate surface area is 176 Å². The van der Waals surface area contributed by atoms with Crippen LogP contribution in [0.4, 0.5) is 5.69 Å². The number of carbonyl (C=O) groups excluding carboxylic acids is 2. The van der Waals surface area contributed by atoms with Crippen molar-refractivity contribution in [3.05, 3.63) is 53.6 Å². The second-order valence-electron chi connectivity index (χ2n) is 7.29. The zero-order valence-corrected chi connectivity index (χ0v) is 17.7. The van der Waals surface area contributed by atoms with Crippen LogP contribution in [0, 0.1) is 12.8 Å². The molecule has 9 heteroatoms. The molecule has 30 heavy (non-hydrogen) atoms. The van der Waals surface area contributed by atoms with Gasteiger partial charge in [0.15, 0.2) is 0 Å². The number of hydrogen-bond donors (Lipinski definition) is 2. The zero-order valence-electron chi connectivity index (χ0n) is 16.9. The van der Waals surface area contributed by atoms with Gasteiger partial charge in [0.2, 0.25) is 21.8 Å². The number of ether oxygens (including phenoxy) is 1. The molecule has 1 fully saturated rings. The number of rotatable bonds is 6. The van der Waals surface area contributed by atoms with E-state index < -0.39 is 21.8 Å². The zero-order chi connectivity index (χ0) is 21.9. The van der Waals surface area contributed by atoms with Crippen LogP contribution in [0.2, 0.25) is 0 Å². The number of amides is 2. The van der Waals surface area contributed by atoms with Gasteiger partial charge in [-0.25, -0.2) is 8.42 Å². The summed E-state index contributed by atoms with van der Waals surface area (Å²) in [5.74, 6) is -1.02. The molecule has 1 aliphatic heterocycles. The van der Waals surface area contributed by atoms with E-state index in [0.29, 0.717) is 30.6 Å². The normalized spacial score (nSPS) is 17.3. The molecular weight excluding hydrogens is 406 g/mol. The van der Waals surface area contributed by atoms with E-state index in [4.69, 9.17) is 10.5 Å². The smallest absolute Gasteiger partial charge is 0.248 e. The van der Waals surface area contributed by atoms with E-state index in [0.717, 1.165) is 5.56 Å². The van der Waals surface area contributed by atoms with E-state index in [1.807, 2.05) is 6.92 Å². The van der Waals surface area contributed by atoms with Crippen LogP contribution < -0.4 is 15.8 Å². The van der Waals surface area contributed by atoms with Crippen LogP contribution in [-0.2, 0) is 14.8 Å². The second-order valence-corrected chi connectivity index (χ2v) is 9.19. The number of nitrogens with two attached hydrogens (primary N) is 1. The SMILES string of the molecule is COc1ccc(C)cc1S(=O)(=O)N1CCCC(C(=O)Nc2ccc(C(N)=O)cc2)C1. The predicted molar refractivity (Wildman–Crippen MR) is 113 cm³/mol. The molecule has 3 N–H and O–H groups in total. The summed E-state index contributed by atoms with van der Waals surface area (Å²) in [5, 5.41) is 2.78. The Morgan fingerprint density at radius 1 is 1.17 bits per heavy atom. The van der Waals surface area contributed by atoms with Crippen molar-refractivity contribution in [2.75, 3.05) is 25.5 Å². The van der Waals surface area contributed by atoms with Gasteiger partial charge in [-0.1, -0.05) is 6.07 Å². The van der Waals surface area contributed by atoms with Gasteiger partial charge in [-0.3, -0.25) is 9.59 Å². The lowest BCUT2D eigenvalue weighted by atomic mass is 9.98. The Hall–Kier alpha value is -2.91. The summed E-state index contributed by atoms with van der Waals surface area (Å²) in [6.45, 7) is 2.25. The molecule has 160 valence electrons.